The Labute approximate surface area is 104 Å². The van der Waals surface area contributed by atoms with E-state index in [1.165, 1.54) is 6.92 Å². The molecule has 0 rings (SSSR count). The van der Waals surface area contributed by atoms with Crippen molar-refractivity contribution in [2.24, 2.45) is 0 Å². The fraction of sp³-hybridized carbons (Fsp3) is 0.600. The van der Waals surface area contributed by atoms with Gasteiger partial charge in [0.15, 0.2) is 0 Å². The van der Waals surface area contributed by atoms with Gasteiger partial charge in [0, 0.05) is 19.9 Å². The molecule has 18 heavy (non-hydrogen) atoms. The van der Waals surface area contributed by atoms with E-state index in [2.05, 4.69) is 15.4 Å². The van der Waals surface area contributed by atoms with Crippen LogP contribution < -0.4 is 10.6 Å². The van der Waals surface area contributed by atoms with Crippen molar-refractivity contribution in [3.63, 3.8) is 0 Å². The predicted molar refractivity (Wildman–Crippen MR) is 59.5 cm³/mol. The molecule has 0 spiro atoms. The summed E-state index contributed by atoms with van der Waals surface area (Å²) in [6.07, 6.45) is -0.512. The third kappa shape index (κ3) is 7.20. The smallest absolute Gasteiger partial charge is 0.326 e. The second-order valence-electron chi connectivity index (χ2n) is 3.47. The van der Waals surface area contributed by atoms with Crippen LogP contribution in [0.3, 0.4) is 0 Å². The van der Waals surface area contributed by atoms with Crippen LogP contribution in [0.1, 0.15) is 19.8 Å². The van der Waals surface area contributed by atoms with Gasteiger partial charge in [0.2, 0.25) is 11.8 Å². The number of aliphatic carboxylic acids is 1. The van der Waals surface area contributed by atoms with Crippen molar-refractivity contribution < 1.29 is 29.0 Å². The Morgan fingerprint density at radius 3 is 2.33 bits per heavy atom. The van der Waals surface area contributed by atoms with Gasteiger partial charge in [0.05, 0.1) is 13.5 Å². The summed E-state index contributed by atoms with van der Waals surface area (Å²) in [6.45, 7) is 1.40. The molecule has 0 aromatic heterocycles. The maximum absolute atomic E-state index is 11.3. The lowest BCUT2D eigenvalue weighted by atomic mass is 10.2. The van der Waals surface area contributed by atoms with Gasteiger partial charge >= 0.3 is 11.9 Å². The molecule has 0 saturated heterocycles. The van der Waals surface area contributed by atoms with Gasteiger partial charge < -0.3 is 20.5 Å². The molecule has 0 fully saturated rings. The van der Waals surface area contributed by atoms with Crippen molar-refractivity contribution in [3.05, 3.63) is 0 Å². The molecule has 0 saturated carbocycles. The first-order chi connectivity index (χ1) is 8.36. The number of carbonyl (C=O) groups is 4. The Kier molecular flexibility index (Phi) is 7.10. The molecular formula is C10H16N2O6. The lowest BCUT2D eigenvalue weighted by Gasteiger charge is -2.13. The molecule has 8 nitrogen and oxygen atoms in total. The largest absolute Gasteiger partial charge is 0.480 e. The number of hydrogen-bond acceptors (Lipinski definition) is 5. The Morgan fingerprint density at radius 2 is 1.89 bits per heavy atom. The zero-order chi connectivity index (χ0) is 14.1. The van der Waals surface area contributed by atoms with Crippen LogP contribution in [0.15, 0.2) is 0 Å². The molecule has 1 atom stereocenters. The number of ether oxygens (including phenoxy) is 1. The van der Waals surface area contributed by atoms with Crippen LogP contribution in [-0.2, 0) is 23.9 Å². The highest BCUT2D eigenvalue weighted by atomic mass is 16.5. The second-order valence-corrected chi connectivity index (χ2v) is 3.47. The molecular weight excluding hydrogens is 244 g/mol. The van der Waals surface area contributed by atoms with E-state index >= 15 is 0 Å². The van der Waals surface area contributed by atoms with Gasteiger partial charge in [-0.2, -0.15) is 0 Å². The molecule has 0 aromatic rings. The minimum absolute atomic E-state index is 0.0649. The van der Waals surface area contributed by atoms with Crippen LogP contribution in [0.4, 0.5) is 0 Å². The van der Waals surface area contributed by atoms with E-state index in [4.69, 9.17) is 5.11 Å². The van der Waals surface area contributed by atoms with Crippen molar-refractivity contribution in [1.82, 2.24) is 10.6 Å². The molecule has 0 bridgehead atoms. The molecule has 3 N–H and O–H groups in total. The standard InChI is InChI=1S/C10H16N2O6/c1-6(13)11-4-3-8(14)12-7(10(16)17)5-9(15)18-2/h7H,3-5H2,1-2H3,(H,11,13)(H,12,14)(H,16,17)/t7-/m0/s1. The van der Waals surface area contributed by atoms with E-state index in [1.807, 2.05) is 0 Å². The molecule has 0 aliphatic heterocycles. The lowest BCUT2D eigenvalue weighted by molar-refractivity contribution is -0.148. The Morgan fingerprint density at radius 1 is 1.28 bits per heavy atom. The summed E-state index contributed by atoms with van der Waals surface area (Å²) < 4.78 is 4.31. The highest BCUT2D eigenvalue weighted by Gasteiger charge is 2.23. The number of esters is 1. The summed E-state index contributed by atoms with van der Waals surface area (Å²) in [4.78, 5) is 43.6. The van der Waals surface area contributed by atoms with Crippen LogP contribution in [0, 0.1) is 0 Å². The summed E-state index contributed by atoms with van der Waals surface area (Å²) in [5.41, 5.74) is 0. The SMILES string of the molecule is COC(=O)C[C@H](NC(=O)CCNC(C)=O)C(=O)O. The van der Waals surface area contributed by atoms with Crippen LogP contribution >= 0.6 is 0 Å². The van der Waals surface area contributed by atoms with Gasteiger partial charge in [-0.15, -0.1) is 0 Å². The summed E-state index contributed by atoms with van der Waals surface area (Å²) in [5, 5.41) is 13.3. The molecule has 2 amide bonds. The summed E-state index contributed by atoms with van der Waals surface area (Å²) in [5.74, 6) is -2.91. The fourth-order valence-electron chi connectivity index (χ4n) is 1.07. The number of carboxylic acid groups (broad SMARTS) is 1. The predicted octanol–water partition coefficient (Wildman–Crippen LogP) is -1.35. The van der Waals surface area contributed by atoms with Crippen molar-refractivity contribution in [3.8, 4) is 0 Å². The first kappa shape index (κ1) is 15.9. The van der Waals surface area contributed by atoms with Crippen molar-refractivity contribution in [2.75, 3.05) is 13.7 Å². The normalized spacial score (nSPS) is 11.2. The van der Waals surface area contributed by atoms with Crippen molar-refractivity contribution >= 4 is 23.8 Å². The third-order valence-electron chi connectivity index (χ3n) is 1.96. The minimum atomic E-state index is -1.33. The van der Waals surface area contributed by atoms with Crippen LogP contribution in [-0.4, -0.2) is 48.6 Å². The summed E-state index contributed by atoms with van der Waals surface area (Å²) >= 11 is 0. The van der Waals surface area contributed by atoms with Crippen LogP contribution in [0.5, 0.6) is 0 Å². The van der Waals surface area contributed by atoms with Crippen molar-refractivity contribution in [2.45, 2.75) is 25.8 Å². The quantitative estimate of drug-likeness (QED) is 0.486. The molecule has 0 aliphatic rings. The summed E-state index contributed by atoms with van der Waals surface area (Å²) in [6, 6.07) is -1.33. The molecule has 0 radical (unpaired) electrons. The molecule has 0 heterocycles. The molecule has 0 aliphatic carbocycles. The molecule has 102 valence electrons. The zero-order valence-corrected chi connectivity index (χ0v) is 10.2. The zero-order valence-electron chi connectivity index (χ0n) is 10.2. The first-order valence-electron chi connectivity index (χ1n) is 5.20. The van der Waals surface area contributed by atoms with Crippen LogP contribution in [0.25, 0.3) is 0 Å². The van der Waals surface area contributed by atoms with Gasteiger partial charge in [-0.1, -0.05) is 0 Å². The molecule has 0 unspecified atom stereocenters. The van der Waals surface area contributed by atoms with E-state index in [1.54, 1.807) is 0 Å². The van der Waals surface area contributed by atoms with Gasteiger partial charge in [-0.3, -0.25) is 14.4 Å². The number of nitrogens with one attached hydrogen (secondary N) is 2. The number of amides is 2. The number of carbonyl (C=O) groups excluding carboxylic acids is 3. The first-order valence-corrected chi connectivity index (χ1v) is 5.20. The maximum Gasteiger partial charge on any atom is 0.326 e. The van der Waals surface area contributed by atoms with E-state index < -0.39 is 30.3 Å². The number of hydrogen-bond donors (Lipinski definition) is 3. The van der Waals surface area contributed by atoms with Gasteiger partial charge in [0.1, 0.15) is 6.04 Å². The van der Waals surface area contributed by atoms with E-state index in [-0.39, 0.29) is 18.9 Å². The van der Waals surface area contributed by atoms with Crippen LogP contribution in [0.2, 0.25) is 0 Å². The minimum Gasteiger partial charge on any atom is -0.480 e. The average Bonchev–Trinajstić information content (AvgIpc) is 2.27. The topological polar surface area (TPSA) is 122 Å². The maximum atomic E-state index is 11.3. The number of carboxylic acids is 1. The number of methoxy groups -OCH3 is 1. The monoisotopic (exact) mass is 260 g/mol. The average molecular weight is 260 g/mol. The van der Waals surface area contributed by atoms with Gasteiger partial charge in [-0.05, 0) is 0 Å². The third-order valence-corrected chi connectivity index (χ3v) is 1.96. The molecule has 8 heteroatoms. The highest BCUT2D eigenvalue weighted by molar-refractivity contribution is 5.87. The Balaban J connectivity index is 4.16. The summed E-state index contributed by atoms with van der Waals surface area (Å²) in [7, 11) is 1.12. The highest BCUT2D eigenvalue weighted by Crippen LogP contribution is 1.96. The lowest BCUT2D eigenvalue weighted by Crippen LogP contribution is -2.43. The van der Waals surface area contributed by atoms with E-state index in [0.29, 0.717) is 0 Å². The van der Waals surface area contributed by atoms with Crippen molar-refractivity contribution in [1.29, 1.82) is 0 Å². The van der Waals surface area contributed by atoms with E-state index in [0.717, 1.165) is 7.11 Å². The van der Waals surface area contributed by atoms with Gasteiger partial charge in [-0.25, -0.2) is 4.79 Å². The van der Waals surface area contributed by atoms with E-state index in [9.17, 15) is 19.2 Å². The Hall–Kier alpha value is -2.12. The van der Waals surface area contributed by atoms with Gasteiger partial charge in [0.25, 0.3) is 0 Å². The Bertz CT molecular complexity index is 341. The number of rotatable bonds is 7. The second kappa shape index (κ2) is 8.04. The fourth-order valence-corrected chi connectivity index (χ4v) is 1.07. The molecule has 0 aromatic carbocycles.